The lowest BCUT2D eigenvalue weighted by Gasteiger charge is -2.07. The van der Waals surface area contributed by atoms with Gasteiger partial charge in [0.05, 0.1) is 18.8 Å². The Hall–Kier alpha value is -1.98. The van der Waals surface area contributed by atoms with E-state index in [2.05, 4.69) is 8.75 Å². The molecule has 3 aromatic rings. The monoisotopic (exact) mass is 318 g/mol. The van der Waals surface area contributed by atoms with Gasteiger partial charge in [0.2, 0.25) is 0 Å². The van der Waals surface area contributed by atoms with Crippen LogP contribution < -0.4 is 4.74 Å². The fourth-order valence-electron chi connectivity index (χ4n) is 2.09. The molecule has 2 aromatic carbocycles. The number of nitrogens with zero attached hydrogens (tertiary/aromatic N) is 2. The summed E-state index contributed by atoms with van der Waals surface area (Å²) in [5.41, 5.74) is 3.39. The van der Waals surface area contributed by atoms with Crippen LogP contribution in [0.5, 0.6) is 5.75 Å². The third-order valence-electron chi connectivity index (χ3n) is 3.22. The molecule has 3 rings (SSSR count). The van der Waals surface area contributed by atoms with E-state index < -0.39 is 0 Å². The summed E-state index contributed by atoms with van der Waals surface area (Å²) >= 11 is 7.08. The first-order chi connectivity index (χ1) is 10.2. The SMILES string of the molecule is COc1ccc(C(=O)c2cc3nsnc3cc2CCl)cc1. The largest absolute Gasteiger partial charge is 0.497 e. The Balaban J connectivity index is 2.06. The van der Waals surface area contributed by atoms with Crippen molar-refractivity contribution < 1.29 is 9.53 Å². The minimum absolute atomic E-state index is 0.0804. The molecule has 0 unspecified atom stereocenters. The lowest BCUT2D eigenvalue weighted by Crippen LogP contribution is -2.05. The maximum Gasteiger partial charge on any atom is 0.193 e. The molecule has 0 aliphatic heterocycles. The average molecular weight is 319 g/mol. The van der Waals surface area contributed by atoms with Crippen LogP contribution in [0.15, 0.2) is 36.4 Å². The van der Waals surface area contributed by atoms with Crippen LogP contribution in [-0.4, -0.2) is 21.6 Å². The number of benzene rings is 2. The van der Waals surface area contributed by atoms with Crippen LogP contribution in [0.3, 0.4) is 0 Å². The Bertz CT molecular complexity index is 799. The number of carbonyl (C=O) groups is 1. The highest BCUT2D eigenvalue weighted by molar-refractivity contribution is 7.00. The van der Waals surface area contributed by atoms with Crippen molar-refractivity contribution in [3.63, 3.8) is 0 Å². The minimum atomic E-state index is -0.0804. The van der Waals surface area contributed by atoms with Gasteiger partial charge in [0.1, 0.15) is 16.8 Å². The molecule has 0 aliphatic carbocycles. The van der Waals surface area contributed by atoms with Crippen molar-refractivity contribution >= 4 is 40.1 Å². The van der Waals surface area contributed by atoms with Crippen LogP contribution in [0.2, 0.25) is 0 Å². The van der Waals surface area contributed by atoms with Crippen molar-refractivity contribution in [1.82, 2.24) is 8.75 Å². The summed E-state index contributed by atoms with van der Waals surface area (Å²) in [6.07, 6.45) is 0. The van der Waals surface area contributed by atoms with Crippen molar-refractivity contribution in [2.75, 3.05) is 7.11 Å². The molecule has 0 saturated heterocycles. The summed E-state index contributed by atoms with van der Waals surface area (Å²) in [6.45, 7) is 0. The molecule has 1 aromatic heterocycles. The van der Waals surface area contributed by atoms with Crippen LogP contribution >= 0.6 is 23.3 Å². The van der Waals surface area contributed by atoms with E-state index in [9.17, 15) is 4.79 Å². The molecule has 6 heteroatoms. The van der Waals surface area contributed by atoms with Crippen LogP contribution in [0.25, 0.3) is 11.0 Å². The van der Waals surface area contributed by atoms with Gasteiger partial charge in [0, 0.05) is 17.0 Å². The minimum Gasteiger partial charge on any atom is -0.497 e. The molecule has 0 atom stereocenters. The number of hydrogen-bond donors (Lipinski definition) is 0. The zero-order valence-electron chi connectivity index (χ0n) is 11.2. The molecule has 0 bridgehead atoms. The van der Waals surface area contributed by atoms with Crippen LogP contribution in [0.4, 0.5) is 0 Å². The van der Waals surface area contributed by atoms with Gasteiger partial charge in [-0.2, -0.15) is 8.75 Å². The second-order valence-corrected chi connectivity index (χ2v) is 5.25. The van der Waals surface area contributed by atoms with Gasteiger partial charge in [-0.25, -0.2) is 0 Å². The number of methoxy groups -OCH3 is 1. The van der Waals surface area contributed by atoms with Crippen molar-refractivity contribution in [3.8, 4) is 5.75 Å². The summed E-state index contributed by atoms with van der Waals surface area (Å²) in [7, 11) is 1.59. The Morgan fingerprint density at radius 3 is 2.48 bits per heavy atom. The van der Waals surface area contributed by atoms with Gasteiger partial charge in [-0.3, -0.25) is 4.79 Å². The number of ketones is 1. The van der Waals surface area contributed by atoms with Crippen LogP contribution in [0.1, 0.15) is 21.5 Å². The molecule has 21 heavy (non-hydrogen) atoms. The summed E-state index contributed by atoms with van der Waals surface area (Å²) in [6, 6.07) is 10.6. The van der Waals surface area contributed by atoms with Crippen molar-refractivity contribution in [2.45, 2.75) is 5.88 Å². The van der Waals surface area contributed by atoms with E-state index in [0.717, 1.165) is 22.8 Å². The highest BCUT2D eigenvalue weighted by Crippen LogP contribution is 2.23. The van der Waals surface area contributed by atoms with Gasteiger partial charge in [0.25, 0.3) is 0 Å². The zero-order chi connectivity index (χ0) is 14.8. The Morgan fingerprint density at radius 2 is 1.86 bits per heavy atom. The highest BCUT2D eigenvalue weighted by Gasteiger charge is 2.16. The second kappa shape index (κ2) is 5.79. The molecule has 4 nitrogen and oxygen atoms in total. The van der Waals surface area contributed by atoms with Gasteiger partial charge in [-0.05, 0) is 42.0 Å². The van der Waals surface area contributed by atoms with E-state index in [1.54, 1.807) is 37.4 Å². The second-order valence-electron chi connectivity index (χ2n) is 4.45. The van der Waals surface area contributed by atoms with E-state index >= 15 is 0 Å². The molecule has 0 amide bonds. The lowest BCUT2D eigenvalue weighted by atomic mass is 9.98. The number of halogens is 1. The molecular weight excluding hydrogens is 308 g/mol. The third-order valence-corrected chi connectivity index (χ3v) is 4.06. The number of fused-ring (bicyclic) bond motifs is 1. The fourth-order valence-corrected chi connectivity index (χ4v) is 2.82. The van der Waals surface area contributed by atoms with Gasteiger partial charge >= 0.3 is 0 Å². The summed E-state index contributed by atoms with van der Waals surface area (Å²) < 4.78 is 13.4. The average Bonchev–Trinajstić information content (AvgIpc) is 3.00. The van der Waals surface area contributed by atoms with Gasteiger partial charge in [-0.1, -0.05) is 0 Å². The maximum absolute atomic E-state index is 12.6. The third kappa shape index (κ3) is 2.62. The van der Waals surface area contributed by atoms with Gasteiger partial charge < -0.3 is 4.74 Å². The van der Waals surface area contributed by atoms with E-state index in [4.69, 9.17) is 16.3 Å². The predicted octanol–water partition coefficient (Wildman–Crippen LogP) is 3.67. The normalized spacial score (nSPS) is 10.8. The summed E-state index contributed by atoms with van der Waals surface area (Å²) in [4.78, 5) is 12.6. The topological polar surface area (TPSA) is 52.1 Å². The Morgan fingerprint density at radius 1 is 1.19 bits per heavy atom. The number of hydrogen-bond acceptors (Lipinski definition) is 5. The molecule has 0 saturated carbocycles. The number of aromatic nitrogens is 2. The summed E-state index contributed by atoms with van der Waals surface area (Å²) in [5, 5.41) is 0. The Kier molecular flexibility index (Phi) is 3.86. The Labute approximate surface area is 130 Å². The number of carbonyl (C=O) groups excluding carboxylic acids is 1. The smallest absolute Gasteiger partial charge is 0.193 e. The lowest BCUT2D eigenvalue weighted by molar-refractivity contribution is 0.103. The summed E-state index contributed by atoms with van der Waals surface area (Å²) in [5.74, 6) is 0.886. The number of ether oxygens (including phenoxy) is 1. The van der Waals surface area contributed by atoms with E-state index in [1.165, 1.54) is 0 Å². The first kappa shape index (κ1) is 14.0. The van der Waals surface area contributed by atoms with Crippen molar-refractivity contribution in [2.24, 2.45) is 0 Å². The van der Waals surface area contributed by atoms with Crippen molar-refractivity contribution in [3.05, 3.63) is 53.1 Å². The fraction of sp³-hybridized carbons (Fsp3) is 0.133. The number of rotatable bonds is 4. The van der Waals surface area contributed by atoms with Crippen LogP contribution in [-0.2, 0) is 5.88 Å². The highest BCUT2D eigenvalue weighted by atomic mass is 35.5. The molecule has 0 N–H and O–H groups in total. The molecule has 1 heterocycles. The predicted molar refractivity (Wildman–Crippen MR) is 83.4 cm³/mol. The van der Waals surface area contributed by atoms with Crippen molar-refractivity contribution in [1.29, 1.82) is 0 Å². The molecular formula is C15H11ClN2O2S. The quantitative estimate of drug-likeness (QED) is 0.544. The van der Waals surface area contributed by atoms with E-state index in [1.807, 2.05) is 6.07 Å². The molecule has 0 fully saturated rings. The van der Waals surface area contributed by atoms with E-state index in [-0.39, 0.29) is 11.7 Å². The first-order valence-corrected chi connectivity index (χ1v) is 7.49. The standard InChI is InChI=1S/C15H11ClN2O2S/c1-20-11-4-2-9(3-5-11)15(19)12-7-14-13(17-21-18-14)6-10(12)8-16/h2-7H,8H2,1H3. The molecule has 0 radical (unpaired) electrons. The number of alkyl halides is 1. The maximum atomic E-state index is 12.6. The molecule has 0 aliphatic rings. The van der Waals surface area contributed by atoms with E-state index in [0.29, 0.717) is 22.4 Å². The van der Waals surface area contributed by atoms with Crippen LogP contribution in [0, 0.1) is 0 Å². The van der Waals surface area contributed by atoms with Gasteiger partial charge in [0.15, 0.2) is 5.78 Å². The molecule has 106 valence electrons. The molecule has 0 spiro atoms. The zero-order valence-corrected chi connectivity index (χ0v) is 12.7. The van der Waals surface area contributed by atoms with Gasteiger partial charge in [-0.15, -0.1) is 11.6 Å². The first-order valence-electron chi connectivity index (χ1n) is 6.23.